The van der Waals surface area contributed by atoms with Gasteiger partial charge in [-0.1, -0.05) is 59.6 Å². The number of aromatic hydroxyl groups is 1. The van der Waals surface area contributed by atoms with Gasteiger partial charge in [0.1, 0.15) is 11.3 Å². The normalized spacial score (nSPS) is 24.6. The molecular formula is C47H36ClFN4O7. The molecule has 5 aromatic carbocycles. The number of benzene rings is 5. The third kappa shape index (κ3) is 5.57. The number of nitrogens with zero attached hydrogens (tertiary/aromatic N) is 3. The molecule has 6 atom stereocenters. The van der Waals surface area contributed by atoms with Crippen molar-refractivity contribution in [3.05, 3.63) is 149 Å². The third-order valence-electron chi connectivity index (χ3n) is 12.6. The Balaban J connectivity index is 1.09. The molecule has 2 aliphatic heterocycles. The number of phenols is 1. The van der Waals surface area contributed by atoms with Crippen LogP contribution in [0.5, 0.6) is 11.5 Å². The van der Waals surface area contributed by atoms with E-state index in [0.717, 1.165) is 5.01 Å². The zero-order valence-corrected chi connectivity index (χ0v) is 32.8. The van der Waals surface area contributed by atoms with Crippen LogP contribution >= 0.6 is 11.6 Å². The number of hydrogen-bond acceptors (Lipinski definition) is 9. The van der Waals surface area contributed by atoms with Crippen molar-refractivity contribution in [2.45, 2.75) is 31.1 Å². The van der Waals surface area contributed by atoms with E-state index in [1.807, 2.05) is 30.3 Å². The summed E-state index contributed by atoms with van der Waals surface area (Å²) in [5, 5.41) is 13.4. The molecule has 4 aliphatic rings. The largest absolute Gasteiger partial charge is 0.504 e. The van der Waals surface area contributed by atoms with E-state index in [4.69, 9.17) is 20.8 Å². The Kier molecular flexibility index (Phi) is 8.87. The van der Waals surface area contributed by atoms with Crippen molar-refractivity contribution in [2.24, 2.45) is 23.7 Å². The molecule has 300 valence electrons. The number of halogens is 2. The number of allylic oxidation sites excluding steroid dienone is 2. The smallest absolute Gasteiger partial charge is 0.260 e. The molecule has 6 aromatic rings. The molecular weight excluding hydrogens is 787 g/mol. The molecule has 0 spiro atoms. The number of nitrogens with one attached hydrogen (secondary N) is 1. The fraction of sp³-hybridized carbons (Fsp3) is 0.213. The SMILES string of the molecule is CCOc1cccc(C2C3=CCC4C(=O)N(c5ccc(-c6nc7ccccc7o6)cc5)C(=O)C4C3CC3C(=O)N(Nc4ccc(F)cc4)C(=O)C32c2ccc(Cl)cc2)c1O. The summed E-state index contributed by atoms with van der Waals surface area (Å²) in [6, 6.07) is 31.3. The second-order valence-corrected chi connectivity index (χ2v) is 16.0. The van der Waals surface area contributed by atoms with E-state index in [0.29, 0.717) is 55.7 Å². The van der Waals surface area contributed by atoms with Gasteiger partial charge < -0.3 is 14.3 Å². The maximum Gasteiger partial charge on any atom is 0.260 e. The number of carbonyl (C=O) groups is 4. The first-order chi connectivity index (χ1) is 29.1. The number of rotatable bonds is 8. The predicted octanol–water partition coefficient (Wildman–Crippen LogP) is 8.58. The van der Waals surface area contributed by atoms with Gasteiger partial charge in [-0.05, 0) is 110 Å². The first-order valence-corrected chi connectivity index (χ1v) is 20.1. The van der Waals surface area contributed by atoms with Crippen molar-refractivity contribution < 1.29 is 37.8 Å². The number of oxazole rings is 1. The molecule has 10 rings (SSSR count). The van der Waals surface area contributed by atoms with Crippen molar-refractivity contribution in [3.8, 4) is 23.0 Å². The van der Waals surface area contributed by atoms with Crippen LogP contribution in [0.4, 0.5) is 15.8 Å². The van der Waals surface area contributed by atoms with Gasteiger partial charge >= 0.3 is 0 Å². The number of aromatic nitrogens is 1. The maximum atomic E-state index is 15.4. The fourth-order valence-electron chi connectivity index (χ4n) is 10.0. The number of fused-ring (bicyclic) bond motifs is 5. The highest BCUT2D eigenvalue weighted by molar-refractivity contribution is 6.30. The Morgan fingerprint density at radius 2 is 1.63 bits per heavy atom. The number of ether oxygens (including phenoxy) is 1. The van der Waals surface area contributed by atoms with E-state index in [2.05, 4.69) is 10.4 Å². The molecule has 2 N–H and O–H groups in total. The molecule has 1 aromatic heterocycles. The standard InChI is InChI=1S/C47H36ClFN4O7/c1-2-59-38-9-5-6-33(41(38)54)40-31-22-23-32-39(45(57)52(43(32)55)30-20-10-25(11-21-30)42-50-36-7-3-4-8-37(36)60-42)34(31)24-35-44(56)53(51-29-18-16-28(49)17-19-29)46(58)47(35,40)26-12-14-27(48)15-13-26/h3-22,32,34-35,39-40,51,54H,2,23-24H2,1H3. The summed E-state index contributed by atoms with van der Waals surface area (Å²) in [5.41, 5.74) is 5.41. The number of hydrazine groups is 1. The number of hydrogen-bond donors (Lipinski definition) is 2. The molecule has 0 bridgehead atoms. The van der Waals surface area contributed by atoms with Crippen LogP contribution in [0.2, 0.25) is 5.02 Å². The van der Waals surface area contributed by atoms with Crippen molar-refractivity contribution in [1.82, 2.24) is 9.99 Å². The third-order valence-corrected chi connectivity index (χ3v) is 12.8. The highest BCUT2D eigenvalue weighted by Crippen LogP contribution is 2.65. The molecule has 2 aliphatic carbocycles. The molecule has 2 saturated heterocycles. The summed E-state index contributed by atoms with van der Waals surface area (Å²) in [7, 11) is 0. The zero-order valence-electron chi connectivity index (χ0n) is 32.0. The van der Waals surface area contributed by atoms with Gasteiger partial charge in [0.15, 0.2) is 17.1 Å². The molecule has 6 unspecified atom stereocenters. The summed E-state index contributed by atoms with van der Waals surface area (Å²) in [5.74, 6) is -6.48. The Bertz CT molecular complexity index is 2740. The lowest BCUT2D eigenvalue weighted by atomic mass is 9.49. The lowest BCUT2D eigenvalue weighted by Crippen LogP contribution is -2.53. The lowest BCUT2D eigenvalue weighted by molar-refractivity contribution is -0.138. The Labute approximate surface area is 348 Å². The Morgan fingerprint density at radius 3 is 2.37 bits per heavy atom. The van der Waals surface area contributed by atoms with Crippen molar-refractivity contribution in [3.63, 3.8) is 0 Å². The van der Waals surface area contributed by atoms with E-state index >= 15 is 4.79 Å². The van der Waals surface area contributed by atoms with Gasteiger partial charge in [-0.2, -0.15) is 5.01 Å². The van der Waals surface area contributed by atoms with Gasteiger partial charge in [-0.15, -0.1) is 0 Å². The lowest BCUT2D eigenvalue weighted by Gasteiger charge is -2.50. The quantitative estimate of drug-likeness (QED) is 0.114. The van der Waals surface area contributed by atoms with E-state index in [1.165, 1.54) is 29.2 Å². The Morgan fingerprint density at radius 1 is 0.883 bits per heavy atom. The number of phenolic OH excluding ortho intramolecular Hbond substituents is 1. The van der Waals surface area contributed by atoms with Crippen LogP contribution in [0.1, 0.15) is 36.8 Å². The number of anilines is 2. The summed E-state index contributed by atoms with van der Waals surface area (Å²) in [4.78, 5) is 65.4. The summed E-state index contributed by atoms with van der Waals surface area (Å²) in [6.07, 6.45) is 2.13. The first-order valence-electron chi connectivity index (χ1n) is 19.7. The van der Waals surface area contributed by atoms with E-state index in [-0.39, 0.29) is 36.9 Å². The molecule has 4 amide bonds. The second kappa shape index (κ2) is 14.2. The highest BCUT2D eigenvalue weighted by atomic mass is 35.5. The molecule has 11 nitrogen and oxygen atoms in total. The van der Waals surface area contributed by atoms with Crippen LogP contribution in [0.3, 0.4) is 0 Å². The van der Waals surface area contributed by atoms with Crippen LogP contribution in [-0.4, -0.2) is 45.3 Å². The van der Waals surface area contributed by atoms with Gasteiger partial charge in [-0.3, -0.25) is 29.5 Å². The van der Waals surface area contributed by atoms with Crippen LogP contribution < -0.4 is 15.1 Å². The van der Waals surface area contributed by atoms with Crippen molar-refractivity contribution >= 4 is 57.7 Å². The maximum absolute atomic E-state index is 15.4. The molecule has 0 radical (unpaired) electrons. The van der Waals surface area contributed by atoms with Gasteiger partial charge in [0.25, 0.3) is 11.8 Å². The van der Waals surface area contributed by atoms with Crippen molar-refractivity contribution in [2.75, 3.05) is 16.9 Å². The highest BCUT2D eigenvalue weighted by Gasteiger charge is 2.70. The minimum Gasteiger partial charge on any atom is -0.504 e. The molecule has 60 heavy (non-hydrogen) atoms. The van der Waals surface area contributed by atoms with Gasteiger partial charge in [0.2, 0.25) is 17.7 Å². The topological polar surface area (TPSA) is 142 Å². The Hall–Kier alpha value is -6.79. The molecule has 13 heteroatoms. The minimum atomic E-state index is -1.67. The van der Waals surface area contributed by atoms with Gasteiger partial charge in [0.05, 0.1) is 41.2 Å². The zero-order chi connectivity index (χ0) is 41.4. The van der Waals surface area contributed by atoms with Gasteiger partial charge in [0, 0.05) is 22.1 Å². The summed E-state index contributed by atoms with van der Waals surface area (Å²) in [6.45, 7) is 2.03. The van der Waals surface area contributed by atoms with Crippen molar-refractivity contribution in [1.29, 1.82) is 0 Å². The average Bonchev–Trinajstić information content (AvgIpc) is 3.87. The van der Waals surface area contributed by atoms with Crippen LogP contribution in [-0.2, 0) is 24.6 Å². The molecule has 1 saturated carbocycles. The first kappa shape index (κ1) is 37.5. The number of carbonyl (C=O) groups excluding carboxylic acids is 4. The van der Waals surface area contributed by atoms with Crippen LogP contribution in [0.15, 0.2) is 131 Å². The number of amides is 4. The van der Waals surface area contributed by atoms with E-state index < -0.39 is 58.5 Å². The average molecular weight is 823 g/mol. The van der Waals surface area contributed by atoms with Crippen LogP contribution in [0.25, 0.3) is 22.6 Å². The summed E-state index contributed by atoms with van der Waals surface area (Å²) < 4.78 is 25.8. The minimum absolute atomic E-state index is 0.0354. The summed E-state index contributed by atoms with van der Waals surface area (Å²) >= 11 is 6.41. The van der Waals surface area contributed by atoms with Gasteiger partial charge in [-0.25, -0.2) is 9.37 Å². The number of para-hydroxylation sites is 3. The number of imide groups is 2. The monoisotopic (exact) mass is 822 g/mol. The fourth-order valence-corrected chi connectivity index (χ4v) is 10.2. The van der Waals surface area contributed by atoms with E-state index in [1.54, 1.807) is 73.7 Å². The molecule has 3 heterocycles. The molecule has 3 fully saturated rings. The van der Waals surface area contributed by atoms with Crippen LogP contribution in [0, 0.1) is 29.5 Å². The second-order valence-electron chi connectivity index (χ2n) is 15.5. The predicted molar refractivity (Wildman–Crippen MR) is 220 cm³/mol. The van der Waals surface area contributed by atoms with E-state index in [9.17, 15) is 23.9 Å².